The largest absolute Gasteiger partial charge is 0.389 e. The highest BCUT2D eigenvalue weighted by Gasteiger charge is 2.05. The lowest BCUT2D eigenvalue weighted by Crippen LogP contribution is -2.05. The van der Waals surface area contributed by atoms with E-state index in [-0.39, 0.29) is 6.10 Å². The fourth-order valence-electron chi connectivity index (χ4n) is 2.76. The summed E-state index contributed by atoms with van der Waals surface area (Å²) >= 11 is 0. The third-order valence-corrected chi connectivity index (χ3v) is 3.99. The smallest absolute Gasteiger partial charge is 0.0726 e. The molecule has 0 fully saturated rings. The van der Waals surface area contributed by atoms with E-state index in [2.05, 4.69) is 56.3 Å². The van der Waals surface area contributed by atoms with Gasteiger partial charge in [0.25, 0.3) is 0 Å². The minimum absolute atomic E-state index is 0.333. The molecule has 21 heavy (non-hydrogen) atoms. The molecule has 2 aromatic rings. The molecule has 0 aliphatic heterocycles. The minimum Gasteiger partial charge on any atom is -0.389 e. The zero-order chi connectivity index (χ0) is 15.1. The number of benzene rings is 2. The van der Waals surface area contributed by atoms with E-state index in [0.29, 0.717) is 0 Å². The van der Waals surface area contributed by atoms with Crippen molar-refractivity contribution in [1.82, 2.24) is 0 Å². The van der Waals surface area contributed by atoms with Crippen molar-refractivity contribution in [2.75, 3.05) is 0 Å². The molecule has 0 unspecified atom stereocenters. The van der Waals surface area contributed by atoms with Crippen LogP contribution in [0, 0.1) is 0 Å². The van der Waals surface area contributed by atoms with Crippen LogP contribution < -0.4 is 0 Å². The SMILES string of the molecule is CCCC/C(C)=C/[C@H](O)CCc1cccc2ccccc12. The molecule has 1 atom stereocenters. The van der Waals surface area contributed by atoms with Gasteiger partial charge in [-0.3, -0.25) is 0 Å². The summed E-state index contributed by atoms with van der Waals surface area (Å²) in [6, 6.07) is 14.9. The van der Waals surface area contributed by atoms with E-state index >= 15 is 0 Å². The Morgan fingerprint density at radius 3 is 2.71 bits per heavy atom. The second kappa shape index (κ2) is 7.99. The summed E-state index contributed by atoms with van der Waals surface area (Å²) in [5.74, 6) is 0. The molecule has 0 saturated heterocycles. The predicted octanol–water partition coefficient (Wildman–Crippen LogP) is 5.27. The van der Waals surface area contributed by atoms with Gasteiger partial charge in [0.2, 0.25) is 0 Å². The number of fused-ring (bicyclic) bond motifs is 1. The van der Waals surface area contributed by atoms with Gasteiger partial charge in [-0.05, 0) is 48.9 Å². The number of aliphatic hydroxyl groups is 1. The van der Waals surface area contributed by atoms with E-state index in [1.807, 2.05) is 6.08 Å². The number of rotatable bonds is 7. The van der Waals surface area contributed by atoms with E-state index in [1.165, 1.54) is 34.8 Å². The summed E-state index contributed by atoms with van der Waals surface area (Å²) in [5.41, 5.74) is 2.63. The predicted molar refractivity (Wildman–Crippen MR) is 91.6 cm³/mol. The Morgan fingerprint density at radius 2 is 1.90 bits per heavy atom. The van der Waals surface area contributed by atoms with Crippen molar-refractivity contribution >= 4 is 10.8 Å². The third kappa shape index (κ3) is 4.71. The van der Waals surface area contributed by atoms with Crippen molar-refractivity contribution in [3.05, 3.63) is 59.7 Å². The number of aryl methyl sites for hydroxylation is 1. The highest BCUT2D eigenvalue weighted by molar-refractivity contribution is 5.85. The molecular formula is C20H26O. The molecule has 0 aliphatic carbocycles. The summed E-state index contributed by atoms with van der Waals surface area (Å²) in [6.07, 6.45) is 6.91. The summed E-state index contributed by atoms with van der Waals surface area (Å²) < 4.78 is 0. The van der Waals surface area contributed by atoms with E-state index < -0.39 is 0 Å². The van der Waals surface area contributed by atoms with Crippen molar-refractivity contribution in [3.8, 4) is 0 Å². The van der Waals surface area contributed by atoms with Gasteiger partial charge >= 0.3 is 0 Å². The highest BCUT2D eigenvalue weighted by Crippen LogP contribution is 2.20. The van der Waals surface area contributed by atoms with Gasteiger partial charge in [-0.2, -0.15) is 0 Å². The van der Waals surface area contributed by atoms with Crippen LogP contribution in [-0.2, 0) is 6.42 Å². The normalized spacial score (nSPS) is 13.6. The Morgan fingerprint density at radius 1 is 1.14 bits per heavy atom. The van der Waals surface area contributed by atoms with Gasteiger partial charge in [0, 0.05) is 0 Å². The zero-order valence-corrected chi connectivity index (χ0v) is 13.2. The van der Waals surface area contributed by atoms with Gasteiger partial charge in [0.05, 0.1) is 6.10 Å². The van der Waals surface area contributed by atoms with Crippen LogP contribution in [0.4, 0.5) is 0 Å². The molecule has 0 saturated carbocycles. The average molecular weight is 282 g/mol. The van der Waals surface area contributed by atoms with Crippen LogP contribution in [0.1, 0.15) is 45.1 Å². The number of hydrogen-bond donors (Lipinski definition) is 1. The molecule has 0 radical (unpaired) electrons. The molecule has 0 spiro atoms. The van der Waals surface area contributed by atoms with E-state index in [9.17, 15) is 5.11 Å². The van der Waals surface area contributed by atoms with Crippen molar-refractivity contribution < 1.29 is 5.11 Å². The molecule has 0 bridgehead atoms. The summed E-state index contributed by atoms with van der Waals surface area (Å²) in [6.45, 7) is 4.32. The quantitative estimate of drug-likeness (QED) is 0.686. The van der Waals surface area contributed by atoms with Crippen LogP contribution in [0.5, 0.6) is 0 Å². The lowest BCUT2D eigenvalue weighted by Gasteiger charge is -2.10. The van der Waals surface area contributed by atoms with E-state index in [1.54, 1.807) is 0 Å². The zero-order valence-electron chi connectivity index (χ0n) is 13.2. The van der Waals surface area contributed by atoms with Gasteiger partial charge in [-0.1, -0.05) is 67.5 Å². The van der Waals surface area contributed by atoms with Gasteiger partial charge in [-0.25, -0.2) is 0 Å². The van der Waals surface area contributed by atoms with Crippen LogP contribution >= 0.6 is 0 Å². The number of aliphatic hydroxyl groups excluding tert-OH is 1. The Kier molecular flexibility index (Phi) is 6.01. The maximum absolute atomic E-state index is 10.2. The molecule has 112 valence electrons. The molecule has 0 aliphatic rings. The Balaban J connectivity index is 1.98. The van der Waals surface area contributed by atoms with Crippen LogP contribution in [0.15, 0.2) is 54.1 Å². The monoisotopic (exact) mass is 282 g/mol. The number of hydrogen-bond acceptors (Lipinski definition) is 1. The molecule has 2 rings (SSSR count). The molecule has 2 aromatic carbocycles. The summed E-state index contributed by atoms with van der Waals surface area (Å²) in [4.78, 5) is 0. The van der Waals surface area contributed by atoms with Crippen molar-refractivity contribution in [2.45, 2.75) is 52.1 Å². The van der Waals surface area contributed by atoms with Crippen molar-refractivity contribution in [2.24, 2.45) is 0 Å². The first kappa shape index (κ1) is 15.8. The fourth-order valence-corrected chi connectivity index (χ4v) is 2.76. The Labute approximate surface area is 128 Å². The highest BCUT2D eigenvalue weighted by atomic mass is 16.3. The first-order chi connectivity index (χ1) is 10.2. The second-order valence-corrected chi connectivity index (χ2v) is 5.86. The maximum Gasteiger partial charge on any atom is 0.0726 e. The second-order valence-electron chi connectivity index (χ2n) is 5.86. The topological polar surface area (TPSA) is 20.2 Å². The Hall–Kier alpha value is -1.60. The van der Waals surface area contributed by atoms with Crippen LogP contribution in [-0.4, -0.2) is 11.2 Å². The Bertz CT molecular complexity index is 592. The molecule has 1 heteroatoms. The summed E-state index contributed by atoms with van der Waals surface area (Å²) in [7, 11) is 0. The number of allylic oxidation sites excluding steroid dienone is 1. The first-order valence-electron chi connectivity index (χ1n) is 8.02. The molecule has 0 heterocycles. The standard InChI is InChI=1S/C20H26O/c1-3-4-8-16(2)15-19(21)14-13-18-11-7-10-17-9-5-6-12-20(17)18/h5-7,9-12,15,19,21H,3-4,8,13-14H2,1-2H3/b16-15+/t19-/m1/s1. The lowest BCUT2D eigenvalue weighted by molar-refractivity contribution is 0.212. The molecule has 1 N–H and O–H groups in total. The molecule has 0 aromatic heterocycles. The number of unbranched alkanes of at least 4 members (excludes halogenated alkanes) is 1. The molecular weight excluding hydrogens is 256 g/mol. The fraction of sp³-hybridized carbons (Fsp3) is 0.400. The van der Waals surface area contributed by atoms with E-state index in [4.69, 9.17) is 0 Å². The van der Waals surface area contributed by atoms with Crippen LogP contribution in [0.3, 0.4) is 0 Å². The van der Waals surface area contributed by atoms with Gasteiger partial charge in [-0.15, -0.1) is 0 Å². The van der Waals surface area contributed by atoms with Gasteiger partial charge in [0.15, 0.2) is 0 Å². The molecule has 1 nitrogen and oxygen atoms in total. The molecule has 0 amide bonds. The first-order valence-corrected chi connectivity index (χ1v) is 8.02. The minimum atomic E-state index is -0.333. The van der Waals surface area contributed by atoms with Gasteiger partial charge in [0.1, 0.15) is 0 Å². The van der Waals surface area contributed by atoms with Crippen LogP contribution in [0.2, 0.25) is 0 Å². The third-order valence-electron chi connectivity index (χ3n) is 3.99. The maximum atomic E-state index is 10.2. The van der Waals surface area contributed by atoms with Crippen LogP contribution in [0.25, 0.3) is 10.8 Å². The average Bonchev–Trinajstić information content (AvgIpc) is 2.51. The summed E-state index contributed by atoms with van der Waals surface area (Å²) in [5, 5.41) is 12.8. The van der Waals surface area contributed by atoms with Gasteiger partial charge < -0.3 is 5.11 Å². The van der Waals surface area contributed by atoms with Crippen molar-refractivity contribution in [3.63, 3.8) is 0 Å². The van der Waals surface area contributed by atoms with Crippen molar-refractivity contribution in [1.29, 1.82) is 0 Å². The van der Waals surface area contributed by atoms with E-state index in [0.717, 1.165) is 19.3 Å². The lowest BCUT2D eigenvalue weighted by atomic mass is 9.98.